The molecule has 1 saturated heterocycles. The number of ether oxygens (including phenoxy) is 1. The molecule has 1 aliphatic rings. The fourth-order valence-electron chi connectivity index (χ4n) is 3.01. The number of carbonyl (C=O) groups excluding carboxylic acids is 1. The fraction of sp³-hybridized carbons (Fsp3) is 0.632. The highest BCUT2D eigenvalue weighted by atomic mass is 16.5. The molecule has 0 saturated carbocycles. The zero-order chi connectivity index (χ0) is 16.5. The Kier molecular flexibility index (Phi) is 7.40. The van der Waals surface area contributed by atoms with Gasteiger partial charge in [0.15, 0.2) is 0 Å². The van der Waals surface area contributed by atoms with Crippen LogP contribution in [0.1, 0.15) is 38.2 Å². The topological polar surface area (TPSA) is 32.8 Å². The van der Waals surface area contributed by atoms with Gasteiger partial charge in [-0.05, 0) is 37.1 Å². The molecule has 0 aromatic heterocycles. The van der Waals surface area contributed by atoms with Gasteiger partial charge in [0, 0.05) is 32.6 Å². The van der Waals surface area contributed by atoms with Crippen molar-refractivity contribution >= 4 is 5.91 Å². The van der Waals surface area contributed by atoms with E-state index < -0.39 is 0 Å². The van der Waals surface area contributed by atoms with Crippen LogP contribution in [0.2, 0.25) is 0 Å². The van der Waals surface area contributed by atoms with Gasteiger partial charge in [0.25, 0.3) is 0 Å². The van der Waals surface area contributed by atoms with E-state index >= 15 is 0 Å². The van der Waals surface area contributed by atoms with Crippen LogP contribution in [-0.2, 0) is 11.2 Å². The van der Waals surface area contributed by atoms with E-state index in [4.69, 9.17) is 4.74 Å². The van der Waals surface area contributed by atoms with Gasteiger partial charge in [0.2, 0.25) is 5.91 Å². The van der Waals surface area contributed by atoms with E-state index in [2.05, 4.69) is 11.8 Å². The fourth-order valence-corrected chi connectivity index (χ4v) is 3.01. The van der Waals surface area contributed by atoms with E-state index in [0.717, 1.165) is 38.3 Å². The Morgan fingerprint density at radius 3 is 2.39 bits per heavy atom. The van der Waals surface area contributed by atoms with E-state index in [1.54, 1.807) is 7.11 Å². The first-order valence-corrected chi connectivity index (χ1v) is 8.86. The molecule has 1 fully saturated rings. The van der Waals surface area contributed by atoms with Gasteiger partial charge >= 0.3 is 0 Å². The SMILES string of the molecule is CCCCCN1CCN(C(=O)CCc2ccc(OC)cc2)CC1. The summed E-state index contributed by atoms with van der Waals surface area (Å²) in [5, 5.41) is 0. The standard InChI is InChI=1S/C19H30N2O2/c1-3-4-5-12-20-13-15-21(16-14-20)19(22)11-8-17-6-9-18(23-2)10-7-17/h6-7,9-10H,3-5,8,11-16H2,1-2H3. The lowest BCUT2D eigenvalue weighted by Gasteiger charge is -2.34. The normalized spacial score (nSPS) is 15.7. The molecule has 0 bridgehead atoms. The molecule has 0 atom stereocenters. The number of carbonyl (C=O) groups is 1. The van der Waals surface area contributed by atoms with Crippen molar-refractivity contribution in [3.63, 3.8) is 0 Å². The van der Waals surface area contributed by atoms with Crippen molar-refractivity contribution in [1.29, 1.82) is 0 Å². The summed E-state index contributed by atoms with van der Waals surface area (Å²) >= 11 is 0. The number of hydrogen-bond acceptors (Lipinski definition) is 3. The van der Waals surface area contributed by atoms with Crippen molar-refractivity contribution in [2.75, 3.05) is 39.8 Å². The predicted octanol–water partition coefficient (Wildman–Crippen LogP) is 2.96. The van der Waals surface area contributed by atoms with Gasteiger partial charge in [-0.3, -0.25) is 9.69 Å². The number of methoxy groups -OCH3 is 1. The lowest BCUT2D eigenvalue weighted by Crippen LogP contribution is -2.48. The Bertz CT molecular complexity index is 465. The van der Waals surface area contributed by atoms with E-state index in [1.165, 1.54) is 31.4 Å². The summed E-state index contributed by atoms with van der Waals surface area (Å²) in [5.41, 5.74) is 1.19. The summed E-state index contributed by atoms with van der Waals surface area (Å²) in [7, 11) is 1.67. The lowest BCUT2D eigenvalue weighted by atomic mass is 10.1. The molecule has 0 aliphatic carbocycles. The summed E-state index contributed by atoms with van der Waals surface area (Å²) in [6.45, 7) is 7.23. The molecule has 1 aromatic carbocycles. The van der Waals surface area contributed by atoms with Gasteiger partial charge in [-0.1, -0.05) is 31.9 Å². The van der Waals surface area contributed by atoms with Crippen LogP contribution >= 0.6 is 0 Å². The van der Waals surface area contributed by atoms with Crippen LogP contribution in [0.3, 0.4) is 0 Å². The molecule has 1 heterocycles. The Morgan fingerprint density at radius 2 is 1.78 bits per heavy atom. The van der Waals surface area contributed by atoms with E-state index in [0.29, 0.717) is 6.42 Å². The first-order chi connectivity index (χ1) is 11.2. The van der Waals surface area contributed by atoms with Crippen molar-refractivity contribution in [1.82, 2.24) is 9.80 Å². The van der Waals surface area contributed by atoms with Crippen molar-refractivity contribution in [2.24, 2.45) is 0 Å². The van der Waals surface area contributed by atoms with Gasteiger partial charge in [-0.2, -0.15) is 0 Å². The maximum Gasteiger partial charge on any atom is 0.222 e. The number of piperazine rings is 1. The molecular formula is C19H30N2O2. The van der Waals surface area contributed by atoms with Crippen molar-refractivity contribution in [3.8, 4) is 5.75 Å². The Balaban J connectivity index is 1.68. The van der Waals surface area contributed by atoms with Crippen molar-refractivity contribution in [2.45, 2.75) is 39.0 Å². The molecule has 4 heteroatoms. The summed E-state index contributed by atoms with van der Waals surface area (Å²) in [6, 6.07) is 7.99. The van der Waals surface area contributed by atoms with Crippen LogP contribution in [0, 0.1) is 0 Å². The maximum atomic E-state index is 12.3. The molecule has 23 heavy (non-hydrogen) atoms. The second-order valence-corrected chi connectivity index (χ2v) is 6.28. The third-order valence-electron chi connectivity index (χ3n) is 4.59. The Hall–Kier alpha value is -1.55. The number of benzene rings is 1. The summed E-state index contributed by atoms with van der Waals surface area (Å²) < 4.78 is 5.16. The van der Waals surface area contributed by atoms with Gasteiger partial charge in [0.05, 0.1) is 7.11 Å². The minimum absolute atomic E-state index is 0.286. The number of rotatable bonds is 8. The highest BCUT2D eigenvalue weighted by Crippen LogP contribution is 2.13. The average Bonchev–Trinajstić information content (AvgIpc) is 2.61. The number of aryl methyl sites for hydroxylation is 1. The summed E-state index contributed by atoms with van der Waals surface area (Å²) in [4.78, 5) is 16.9. The minimum atomic E-state index is 0.286. The smallest absolute Gasteiger partial charge is 0.222 e. The number of amides is 1. The first kappa shape index (κ1) is 17.8. The molecule has 0 N–H and O–H groups in total. The van der Waals surface area contributed by atoms with E-state index in [1.807, 2.05) is 29.2 Å². The van der Waals surface area contributed by atoms with E-state index in [-0.39, 0.29) is 5.91 Å². The van der Waals surface area contributed by atoms with Crippen LogP contribution in [0.4, 0.5) is 0 Å². The molecule has 0 unspecified atom stereocenters. The molecule has 2 rings (SSSR count). The maximum absolute atomic E-state index is 12.3. The molecule has 0 radical (unpaired) electrons. The Labute approximate surface area is 140 Å². The van der Waals surface area contributed by atoms with Gasteiger partial charge in [0.1, 0.15) is 5.75 Å². The van der Waals surface area contributed by atoms with Crippen LogP contribution < -0.4 is 4.74 Å². The zero-order valence-corrected chi connectivity index (χ0v) is 14.6. The average molecular weight is 318 g/mol. The third kappa shape index (κ3) is 5.87. The van der Waals surface area contributed by atoms with E-state index in [9.17, 15) is 4.79 Å². The van der Waals surface area contributed by atoms with Gasteiger partial charge in [-0.25, -0.2) is 0 Å². The van der Waals surface area contributed by atoms with Crippen molar-refractivity contribution in [3.05, 3.63) is 29.8 Å². The minimum Gasteiger partial charge on any atom is -0.497 e. The highest BCUT2D eigenvalue weighted by molar-refractivity contribution is 5.76. The lowest BCUT2D eigenvalue weighted by molar-refractivity contribution is -0.132. The van der Waals surface area contributed by atoms with Crippen LogP contribution in [-0.4, -0.2) is 55.5 Å². The number of unbranched alkanes of at least 4 members (excludes halogenated alkanes) is 2. The number of hydrogen-bond donors (Lipinski definition) is 0. The molecule has 1 aliphatic heterocycles. The third-order valence-corrected chi connectivity index (χ3v) is 4.59. The van der Waals surface area contributed by atoms with Crippen LogP contribution in [0.25, 0.3) is 0 Å². The summed E-state index contributed by atoms with van der Waals surface area (Å²) in [5.74, 6) is 1.15. The molecule has 1 aromatic rings. The molecular weight excluding hydrogens is 288 g/mol. The second-order valence-electron chi connectivity index (χ2n) is 6.28. The molecule has 1 amide bonds. The van der Waals surface area contributed by atoms with Gasteiger partial charge < -0.3 is 9.64 Å². The predicted molar refractivity (Wildman–Crippen MR) is 93.9 cm³/mol. The highest BCUT2D eigenvalue weighted by Gasteiger charge is 2.20. The van der Waals surface area contributed by atoms with Gasteiger partial charge in [-0.15, -0.1) is 0 Å². The molecule has 0 spiro atoms. The van der Waals surface area contributed by atoms with Crippen LogP contribution in [0.15, 0.2) is 24.3 Å². The first-order valence-electron chi connectivity index (χ1n) is 8.86. The monoisotopic (exact) mass is 318 g/mol. The van der Waals surface area contributed by atoms with Crippen LogP contribution in [0.5, 0.6) is 5.75 Å². The summed E-state index contributed by atoms with van der Waals surface area (Å²) in [6.07, 6.45) is 5.26. The van der Waals surface area contributed by atoms with Crippen molar-refractivity contribution < 1.29 is 9.53 Å². The largest absolute Gasteiger partial charge is 0.497 e. The Morgan fingerprint density at radius 1 is 1.09 bits per heavy atom. The quantitative estimate of drug-likeness (QED) is 0.691. The second kappa shape index (κ2) is 9.56. The molecule has 4 nitrogen and oxygen atoms in total. The number of nitrogens with zero attached hydrogens (tertiary/aromatic N) is 2. The zero-order valence-electron chi connectivity index (χ0n) is 14.6. The molecule has 128 valence electrons.